The highest BCUT2D eigenvalue weighted by molar-refractivity contribution is 6.62. The van der Waals surface area contributed by atoms with Gasteiger partial charge in [0.05, 0.1) is 11.2 Å². The molecule has 172 valence electrons. The fourth-order valence-corrected chi connectivity index (χ4v) is 3.08. The third kappa shape index (κ3) is 5.67. The second-order valence-corrected chi connectivity index (χ2v) is 9.26. The van der Waals surface area contributed by atoms with E-state index in [1.165, 1.54) is 6.07 Å². The molecule has 0 spiro atoms. The number of carbonyl (C=O) groups excluding carboxylic acids is 1. The molecule has 3 rings (SSSR count). The van der Waals surface area contributed by atoms with E-state index in [4.69, 9.17) is 18.8 Å². The largest absolute Gasteiger partial charge is 0.495 e. The molecule has 1 aromatic carbocycles. The first kappa shape index (κ1) is 23.8. The minimum Gasteiger partial charge on any atom is -0.491 e. The van der Waals surface area contributed by atoms with E-state index in [0.717, 1.165) is 12.8 Å². The van der Waals surface area contributed by atoms with Crippen LogP contribution in [0.5, 0.6) is 11.5 Å². The Morgan fingerprint density at radius 3 is 2.29 bits per heavy atom. The molecule has 2 aliphatic rings. The Balaban J connectivity index is 2.00. The number of hydrogen-bond donors (Lipinski definition) is 1. The van der Waals surface area contributed by atoms with E-state index >= 15 is 0 Å². The molecule has 2 fully saturated rings. The van der Waals surface area contributed by atoms with Crippen molar-refractivity contribution in [1.82, 2.24) is 10.2 Å². The maximum Gasteiger partial charge on any atom is 0.495 e. The van der Waals surface area contributed by atoms with Gasteiger partial charge in [0.15, 0.2) is 0 Å². The standard InChI is InChI=1S/C21H31BF2N2O5/c1-20(2)21(3,4)31-22(30-20)13-11-15(28-10-9-26(5)6)17(16(12-13)29-19(23)24)18(27)25-14-7-8-14/h11-12,14,19H,7-10H2,1-6H3,(H,25,27). The zero-order valence-electron chi connectivity index (χ0n) is 19.0. The van der Waals surface area contributed by atoms with Gasteiger partial charge in [-0.1, -0.05) is 0 Å². The first-order valence-corrected chi connectivity index (χ1v) is 10.5. The van der Waals surface area contributed by atoms with E-state index in [0.29, 0.717) is 12.0 Å². The highest BCUT2D eigenvalue weighted by Gasteiger charge is 2.52. The summed E-state index contributed by atoms with van der Waals surface area (Å²) < 4.78 is 49.1. The lowest BCUT2D eigenvalue weighted by atomic mass is 9.78. The molecule has 0 atom stereocenters. The van der Waals surface area contributed by atoms with Gasteiger partial charge in [0, 0.05) is 12.6 Å². The second kappa shape index (κ2) is 8.92. The number of benzene rings is 1. The van der Waals surface area contributed by atoms with Gasteiger partial charge in [-0.05, 0) is 72.2 Å². The lowest BCUT2D eigenvalue weighted by molar-refractivity contribution is -0.0502. The summed E-state index contributed by atoms with van der Waals surface area (Å²) in [6.07, 6.45) is 1.72. The summed E-state index contributed by atoms with van der Waals surface area (Å²) >= 11 is 0. The molecular formula is C21H31BF2N2O5. The molecule has 1 amide bonds. The Morgan fingerprint density at radius 1 is 1.19 bits per heavy atom. The summed E-state index contributed by atoms with van der Waals surface area (Å²) in [7, 11) is 2.95. The summed E-state index contributed by atoms with van der Waals surface area (Å²) in [4.78, 5) is 14.8. The maximum absolute atomic E-state index is 13.2. The molecule has 1 N–H and O–H groups in total. The predicted molar refractivity (Wildman–Crippen MR) is 113 cm³/mol. The van der Waals surface area contributed by atoms with E-state index in [2.05, 4.69) is 5.32 Å². The van der Waals surface area contributed by atoms with E-state index in [9.17, 15) is 13.6 Å². The molecule has 0 radical (unpaired) electrons. The Labute approximate surface area is 182 Å². The average Bonchev–Trinajstić information content (AvgIpc) is 3.39. The van der Waals surface area contributed by atoms with Crippen LogP contribution in [0.4, 0.5) is 8.78 Å². The Bertz CT molecular complexity index is 799. The van der Waals surface area contributed by atoms with Crippen molar-refractivity contribution in [3.63, 3.8) is 0 Å². The van der Waals surface area contributed by atoms with Gasteiger partial charge in [-0.15, -0.1) is 0 Å². The van der Waals surface area contributed by atoms with Gasteiger partial charge in [-0.3, -0.25) is 4.79 Å². The third-order valence-electron chi connectivity index (χ3n) is 5.77. The van der Waals surface area contributed by atoms with Crippen LogP contribution in [0.3, 0.4) is 0 Å². The Morgan fingerprint density at radius 2 is 1.77 bits per heavy atom. The molecule has 31 heavy (non-hydrogen) atoms. The van der Waals surface area contributed by atoms with Crippen molar-refractivity contribution in [1.29, 1.82) is 0 Å². The monoisotopic (exact) mass is 440 g/mol. The lowest BCUT2D eigenvalue weighted by Crippen LogP contribution is -2.41. The Kier molecular flexibility index (Phi) is 6.83. The van der Waals surface area contributed by atoms with Crippen LogP contribution in [-0.4, -0.2) is 69.0 Å². The minimum absolute atomic E-state index is 0.0456. The Hall–Kier alpha value is -1.91. The van der Waals surface area contributed by atoms with E-state index in [1.807, 2.05) is 46.7 Å². The van der Waals surface area contributed by atoms with Crippen LogP contribution < -0.4 is 20.3 Å². The van der Waals surface area contributed by atoms with Crippen molar-refractivity contribution in [2.45, 2.75) is 64.4 Å². The first-order chi connectivity index (χ1) is 14.4. The van der Waals surface area contributed by atoms with Gasteiger partial charge < -0.3 is 29.0 Å². The normalized spacial score (nSPS) is 19.7. The number of carbonyl (C=O) groups is 1. The summed E-state index contributed by atoms with van der Waals surface area (Å²) in [6, 6.07) is 3.02. The minimum atomic E-state index is -3.10. The van der Waals surface area contributed by atoms with Crippen LogP contribution in [0.1, 0.15) is 50.9 Å². The van der Waals surface area contributed by atoms with Gasteiger partial charge >= 0.3 is 13.7 Å². The molecule has 0 bridgehead atoms. The topological polar surface area (TPSA) is 69.3 Å². The van der Waals surface area contributed by atoms with Crippen molar-refractivity contribution < 1.29 is 32.4 Å². The molecule has 1 aliphatic heterocycles. The number of likely N-dealkylation sites (N-methyl/N-ethyl adjacent to an activating group) is 1. The van der Waals surface area contributed by atoms with E-state index in [1.54, 1.807) is 6.07 Å². The highest BCUT2D eigenvalue weighted by Crippen LogP contribution is 2.38. The molecule has 7 nitrogen and oxygen atoms in total. The number of ether oxygens (including phenoxy) is 2. The van der Waals surface area contributed by atoms with Crippen molar-refractivity contribution in [3.05, 3.63) is 17.7 Å². The SMILES string of the molecule is CN(C)CCOc1cc(B2OC(C)(C)C(C)(C)O2)cc(OC(F)F)c1C(=O)NC1CC1. The molecule has 10 heteroatoms. The summed E-state index contributed by atoms with van der Waals surface area (Å²) in [5.74, 6) is -0.610. The highest BCUT2D eigenvalue weighted by atomic mass is 19.3. The van der Waals surface area contributed by atoms with Crippen LogP contribution in [0, 0.1) is 0 Å². The van der Waals surface area contributed by atoms with Crippen molar-refractivity contribution >= 4 is 18.5 Å². The average molecular weight is 440 g/mol. The number of halogens is 2. The summed E-state index contributed by atoms with van der Waals surface area (Å²) in [6.45, 7) is 5.33. The predicted octanol–water partition coefficient (Wildman–Crippen LogP) is 2.42. The molecule has 1 saturated carbocycles. The summed E-state index contributed by atoms with van der Waals surface area (Å²) in [5.41, 5.74) is -0.839. The molecule has 1 heterocycles. The second-order valence-electron chi connectivity index (χ2n) is 9.26. The maximum atomic E-state index is 13.2. The number of hydrogen-bond acceptors (Lipinski definition) is 6. The van der Waals surface area contributed by atoms with Gasteiger partial charge in [-0.25, -0.2) is 0 Å². The molecule has 0 aromatic heterocycles. The van der Waals surface area contributed by atoms with Crippen LogP contribution in [0.15, 0.2) is 12.1 Å². The van der Waals surface area contributed by atoms with Crippen molar-refractivity contribution in [2.24, 2.45) is 0 Å². The summed E-state index contributed by atoms with van der Waals surface area (Å²) in [5, 5.41) is 2.82. The van der Waals surface area contributed by atoms with Crippen LogP contribution >= 0.6 is 0 Å². The van der Waals surface area contributed by atoms with Gasteiger partial charge in [0.25, 0.3) is 5.91 Å². The number of alkyl halides is 2. The number of nitrogens with zero attached hydrogens (tertiary/aromatic N) is 1. The fraction of sp³-hybridized carbons (Fsp3) is 0.667. The first-order valence-electron chi connectivity index (χ1n) is 10.5. The lowest BCUT2D eigenvalue weighted by Gasteiger charge is -2.32. The molecule has 1 aliphatic carbocycles. The van der Waals surface area contributed by atoms with Gasteiger partial charge in [-0.2, -0.15) is 8.78 Å². The van der Waals surface area contributed by atoms with Gasteiger partial charge in [0.2, 0.25) is 0 Å². The van der Waals surface area contributed by atoms with Crippen LogP contribution in [0.2, 0.25) is 0 Å². The van der Waals surface area contributed by atoms with Crippen LogP contribution in [-0.2, 0) is 9.31 Å². The molecule has 0 unspecified atom stereocenters. The number of rotatable bonds is 9. The number of nitrogens with one attached hydrogen (secondary N) is 1. The molecule has 1 saturated heterocycles. The zero-order chi connectivity index (χ0) is 23.0. The molecular weight excluding hydrogens is 409 g/mol. The third-order valence-corrected chi connectivity index (χ3v) is 5.77. The molecule has 1 aromatic rings. The van der Waals surface area contributed by atoms with Gasteiger partial charge in [0.1, 0.15) is 23.7 Å². The van der Waals surface area contributed by atoms with Crippen LogP contribution in [0.25, 0.3) is 0 Å². The zero-order valence-corrected chi connectivity index (χ0v) is 19.0. The smallest absolute Gasteiger partial charge is 0.491 e. The van der Waals surface area contributed by atoms with E-state index in [-0.39, 0.29) is 29.7 Å². The number of amides is 1. The van der Waals surface area contributed by atoms with Crippen molar-refractivity contribution in [3.8, 4) is 11.5 Å². The quantitative estimate of drug-likeness (QED) is 0.595. The van der Waals surface area contributed by atoms with E-state index < -0.39 is 30.8 Å². The van der Waals surface area contributed by atoms with Crippen molar-refractivity contribution in [2.75, 3.05) is 27.2 Å². The fourth-order valence-electron chi connectivity index (χ4n) is 3.08.